The van der Waals surface area contributed by atoms with Gasteiger partial charge in [0, 0.05) is 11.4 Å². The number of hydrogen-bond donors (Lipinski definition) is 1. The number of nitrogens with one attached hydrogen (secondary N) is 1. The normalized spacial score (nSPS) is 10.9. The van der Waals surface area contributed by atoms with E-state index in [9.17, 15) is 14.0 Å². The maximum absolute atomic E-state index is 13.7. The van der Waals surface area contributed by atoms with Crippen LogP contribution in [0, 0.1) is 19.7 Å². The third-order valence-electron chi connectivity index (χ3n) is 4.05. The molecule has 1 N–H and O–H groups in total. The number of para-hydroxylation sites is 1. The second-order valence-electron chi connectivity index (χ2n) is 5.88. The number of benzene rings is 1. The molecular weight excluding hydrogens is 385 g/mol. The van der Waals surface area contributed by atoms with Gasteiger partial charge in [0.2, 0.25) is 5.91 Å². The minimum atomic E-state index is -0.497. The molecule has 0 radical (unpaired) electrons. The van der Waals surface area contributed by atoms with E-state index in [0.29, 0.717) is 21.9 Å². The second-order valence-corrected chi connectivity index (χ2v) is 8.02. The van der Waals surface area contributed by atoms with Crippen molar-refractivity contribution in [2.45, 2.75) is 25.5 Å². The Labute approximate surface area is 163 Å². The van der Waals surface area contributed by atoms with E-state index in [1.165, 1.54) is 28.0 Å². The van der Waals surface area contributed by atoms with E-state index in [2.05, 4.69) is 16.9 Å². The lowest BCUT2D eigenvalue weighted by Gasteiger charge is -2.10. The van der Waals surface area contributed by atoms with Gasteiger partial charge in [-0.1, -0.05) is 30.0 Å². The quantitative estimate of drug-likeness (QED) is 0.382. The molecule has 2 heterocycles. The van der Waals surface area contributed by atoms with E-state index in [1.54, 1.807) is 18.2 Å². The largest absolute Gasteiger partial charge is 0.323 e. The summed E-state index contributed by atoms with van der Waals surface area (Å²) in [5, 5.41) is 3.58. The first-order valence-corrected chi connectivity index (χ1v) is 10.0. The summed E-state index contributed by atoms with van der Waals surface area (Å²) >= 11 is 2.60. The van der Waals surface area contributed by atoms with Gasteiger partial charge < -0.3 is 5.32 Å². The van der Waals surface area contributed by atoms with Crippen LogP contribution in [0.5, 0.6) is 0 Å². The molecule has 2 aromatic heterocycles. The fraction of sp³-hybridized carbons (Fsp3) is 0.211. The molecule has 1 amide bonds. The zero-order valence-corrected chi connectivity index (χ0v) is 16.5. The maximum Gasteiger partial charge on any atom is 0.263 e. The van der Waals surface area contributed by atoms with Crippen LogP contribution in [0.15, 0.2) is 46.9 Å². The molecule has 27 heavy (non-hydrogen) atoms. The van der Waals surface area contributed by atoms with Crippen LogP contribution in [0.3, 0.4) is 0 Å². The molecule has 5 nitrogen and oxygen atoms in total. The molecule has 0 aliphatic rings. The molecule has 0 saturated carbocycles. The SMILES string of the molecule is C=CCn1c(SCC(=O)Nc2ccccc2F)nc2sc(C)c(C)c2c1=O. The second kappa shape index (κ2) is 8.06. The summed E-state index contributed by atoms with van der Waals surface area (Å²) in [7, 11) is 0. The third kappa shape index (κ3) is 3.96. The summed E-state index contributed by atoms with van der Waals surface area (Å²) in [5.74, 6) is -0.862. The summed E-state index contributed by atoms with van der Waals surface area (Å²) in [4.78, 5) is 31.3. The number of rotatable bonds is 6. The molecule has 0 fully saturated rings. The van der Waals surface area contributed by atoms with Crippen molar-refractivity contribution in [3.63, 3.8) is 0 Å². The van der Waals surface area contributed by atoms with E-state index in [-0.39, 0.29) is 22.9 Å². The molecule has 0 bridgehead atoms. The van der Waals surface area contributed by atoms with Crippen molar-refractivity contribution in [1.82, 2.24) is 9.55 Å². The van der Waals surface area contributed by atoms with Gasteiger partial charge in [-0.05, 0) is 31.5 Å². The van der Waals surface area contributed by atoms with Crippen molar-refractivity contribution < 1.29 is 9.18 Å². The van der Waals surface area contributed by atoms with Crippen LogP contribution in [-0.2, 0) is 11.3 Å². The molecule has 0 atom stereocenters. The number of carbonyl (C=O) groups is 1. The Bertz CT molecular complexity index is 1090. The smallest absolute Gasteiger partial charge is 0.263 e. The summed E-state index contributed by atoms with van der Waals surface area (Å²) in [6.45, 7) is 7.85. The molecule has 0 spiro atoms. The average Bonchev–Trinajstić information content (AvgIpc) is 2.92. The van der Waals surface area contributed by atoms with E-state index in [1.807, 2.05) is 13.8 Å². The predicted molar refractivity (Wildman–Crippen MR) is 109 cm³/mol. The number of anilines is 1. The van der Waals surface area contributed by atoms with Gasteiger partial charge in [0.1, 0.15) is 10.6 Å². The Hall–Kier alpha value is -2.45. The number of hydrogen-bond acceptors (Lipinski definition) is 5. The summed E-state index contributed by atoms with van der Waals surface area (Å²) in [6, 6.07) is 5.97. The molecular formula is C19H18FN3O2S2. The van der Waals surface area contributed by atoms with Gasteiger partial charge in [0.15, 0.2) is 5.16 Å². The third-order valence-corrected chi connectivity index (χ3v) is 6.12. The number of thiophene rings is 1. The van der Waals surface area contributed by atoms with Crippen molar-refractivity contribution in [3.8, 4) is 0 Å². The van der Waals surface area contributed by atoms with E-state index in [0.717, 1.165) is 22.2 Å². The van der Waals surface area contributed by atoms with Gasteiger partial charge in [-0.3, -0.25) is 14.2 Å². The number of aryl methyl sites for hydroxylation is 2. The van der Waals surface area contributed by atoms with Crippen molar-refractivity contribution in [1.29, 1.82) is 0 Å². The zero-order valence-electron chi connectivity index (χ0n) is 14.9. The van der Waals surface area contributed by atoms with Crippen LogP contribution in [0.1, 0.15) is 10.4 Å². The number of amides is 1. The van der Waals surface area contributed by atoms with Crippen molar-refractivity contribution in [2.75, 3.05) is 11.1 Å². The number of fused-ring (bicyclic) bond motifs is 1. The van der Waals surface area contributed by atoms with E-state index >= 15 is 0 Å². The van der Waals surface area contributed by atoms with Gasteiger partial charge in [-0.15, -0.1) is 17.9 Å². The maximum atomic E-state index is 13.7. The first kappa shape index (κ1) is 19.3. The molecule has 3 aromatic rings. The first-order valence-electron chi connectivity index (χ1n) is 8.21. The topological polar surface area (TPSA) is 64.0 Å². The summed E-state index contributed by atoms with van der Waals surface area (Å²) in [5.41, 5.74) is 0.914. The van der Waals surface area contributed by atoms with Crippen LogP contribution < -0.4 is 10.9 Å². The first-order chi connectivity index (χ1) is 12.9. The highest BCUT2D eigenvalue weighted by atomic mass is 32.2. The minimum absolute atomic E-state index is 0.00671. The summed E-state index contributed by atoms with van der Waals surface area (Å²) in [6.07, 6.45) is 1.62. The molecule has 0 unspecified atom stereocenters. The fourth-order valence-electron chi connectivity index (χ4n) is 2.59. The monoisotopic (exact) mass is 403 g/mol. The van der Waals surface area contributed by atoms with Crippen LogP contribution in [-0.4, -0.2) is 21.2 Å². The zero-order chi connectivity index (χ0) is 19.6. The lowest BCUT2D eigenvalue weighted by atomic mass is 10.2. The molecule has 0 aliphatic heterocycles. The van der Waals surface area contributed by atoms with Gasteiger partial charge in [-0.2, -0.15) is 0 Å². The van der Waals surface area contributed by atoms with Crippen molar-refractivity contribution >= 4 is 44.9 Å². The number of nitrogens with zero attached hydrogens (tertiary/aromatic N) is 2. The highest BCUT2D eigenvalue weighted by Crippen LogP contribution is 2.28. The molecule has 0 saturated heterocycles. The van der Waals surface area contributed by atoms with E-state index in [4.69, 9.17) is 0 Å². The Kier molecular flexibility index (Phi) is 5.76. The predicted octanol–water partition coefficient (Wildman–Crippen LogP) is 4.13. The molecule has 140 valence electrons. The van der Waals surface area contributed by atoms with E-state index < -0.39 is 5.82 Å². The molecule has 0 aliphatic carbocycles. The van der Waals surface area contributed by atoms with Crippen LogP contribution >= 0.6 is 23.1 Å². The van der Waals surface area contributed by atoms with Crippen LogP contribution in [0.2, 0.25) is 0 Å². The van der Waals surface area contributed by atoms with Gasteiger partial charge in [0.05, 0.1) is 16.8 Å². The number of aromatic nitrogens is 2. The average molecular weight is 404 g/mol. The van der Waals surface area contributed by atoms with Gasteiger partial charge >= 0.3 is 0 Å². The number of halogens is 1. The highest BCUT2D eigenvalue weighted by molar-refractivity contribution is 7.99. The fourth-order valence-corrected chi connectivity index (χ4v) is 4.47. The highest BCUT2D eigenvalue weighted by Gasteiger charge is 2.17. The van der Waals surface area contributed by atoms with Crippen molar-refractivity contribution in [2.24, 2.45) is 0 Å². The van der Waals surface area contributed by atoms with Crippen LogP contribution in [0.4, 0.5) is 10.1 Å². The summed E-state index contributed by atoms with van der Waals surface area (Å²) < 4.78 is 15.2. The number of thioether (sulfide) groups is 1. The molecule has 1 aromatic carbocycles. The molecule has 8 heteroatoms. The number of allylic oxidation sites excluding steroid dienone is 1. The Balaban J connectivity index is 1.86. The van der Waals surface area contributed by atoms with Crippen molar-refractivity contribution in [3.05, 3.63) is 63.5 Å². The minimum Gasteiger partial charge on any atom is -0.323 e. The Morgan fingerprint density at radius 2 is 2.15 bits per heavy atom. The Morgan fingerprint density at radius 3 is 2.85 bits per heavy atom. The lowest BCUT2D eigenvalue weighted by Crippen LogP contribution is -2.23. The standard InChI is InChI=1S/C19H18FN3O2S2/c1-4-9-23-18(25)16-11(2)12(3)27-17(16)22-19(23)26-10-15(24)21-14-8-6-5-7-13(14)20/h4-8H,1,9-10H2,2-3H3,(H,21,24). The molecule has 3 rings (SSSR count). The van der Waals surface area contributed by atoms with Gasteiger partial charge in [0.25, 0.3) is 5.56 Å². The lowest BCUT2D eigenvalue weighted by molar-refractivity contribution is -0.113. The Morgan fingerprint density at radius 1 is 1.41 bits per heavy atom. The number of carbonyl (C=O) groups excluding carboxylic acids is 1. The van der Waals surface area contributed by atoms with Crippen LogP contribution in [0.25, 0.3) is 10.2 Å². The van der Waals surface area contributed by atoms with Gasteiger partial charge in [-0.25, -0.2) is 9.37 Å².